The van der Waals surface area contributed by atoms with Crippen molar-refractivity contribution in [1.82, 2.24) is 4.98 Å². The zero-order chi connectivity index (χ0) is 13.1. The van der Waals surface area contributed by atoms with Crippen LogP contribution in [0.5, 0.6) is 5.75 Å². The van der Waals surface area contributed by atoms with Crippen molar-refractivity contribution in [3.8, 4) is 5.75 Å². The van der Waals surface area contributed by atoms with E-state index in [1.54, 1.807) is 27.2 Å². The third-order valence-corrected chi connectivity index (χ3v) is 2.61. The predicted octanol–water partition coefficient (Wildman–Crippen LogP) is 1.32. The van der Waals surface area contributed by atoms with Gasteiger partial charge in [-0.2, -0.15) is 0 Å². The van der Waals surface area contributed by atoms with Gasteiger partial charge in [0, 0.05) is 12.2 Å². The number of methoxy groups -OCH3 is 1. The standard InChI is InChI=1S/C12H19N3O2/c1-8-5-9(10(17-4)6-14-8)15-7-12(2,3)11(13)16/h5-6H,7H2,1-4H3,(H2,13,16)(H,14,15). The number of nitrogens with one attached hydrogen (secondary N) is 1. The van der Waals surface area contributed by atoms with Gasteiger partial charge in [-0.25, -0.2) is 0 Å². The van der Waals surface area contributed by atoms with Crippen molar-refractivity contribution >= 4 is 11.6 Å². The molecule has 0 unspecified atom stereocenters. The fraction of sp³-hybridized carbons (Fsp3) is 0.500. The summed E-state index contributed by atoms with van der Waals surface area (Å²) < 4.78 is 5.18. The van der Waals surface area contributed by atoms with Crippen LogP contribution in [0.25, 0.3) is 0 Å². The van der Waals surface area contributed by atoms with Crippen molar-refractivity contribution < 1.29 is 9.53 Å². The monoisotopic (exact) mass is 237 g/mol. The Balaban J connectivity index is 2.81. The summed E-state index contributed by atoms with van der Waals surface area (Å²) in [6, 6.07) is 1.87. The summed E-state index contributed by atoms with van der Waals surface area (Å²) in [6.07, 6.45) is 1.65. The van der Waals surface area contributed by atoms with Gasteiger partial charge in [0.25, 0.3) is 0 Å². The fourth-order valence-corrected chi connectivity index (χ4v) is 1.25. The Morgan fingerprint density at radius 2 is 2.24 bits per heavy atom. The SMILES string of the molecule is COc1cnc(C)cc1NCC(C)(C)C(N)=O. The number of pyridine rings is 1. The molecule has 1 aromatic rings. The number of nitrogens with two attached hydrogens (primary N) is 1. The first-order valence-electron chi connectivity index (χ1n) is 5.41. The number of hydrogen-bond donors (Lipinski definition) is 2. The minimum Gasteiger partial charge on any atom is -0.493 e. The lowest BCUT2D eigenvalue weighted by Gasteiger charge is -2.22. The van der Waals surface area contributed by atoms with Gasteiger partial charge in [-0.05, 0) is 26.8 Å². The normalized spacial score (nSPS) is 11.1. The zero-order valence-electron chi connectivity index (χ0n) is 10.7. The summed E-state index contributed by atoms with van der Waals surface area (Å²) in [7, 11) is 1.58. The molecule has 0 fully saturated rings. The molecule has 1 rings (SSSR count). The maximum atomic E-state index is 11.2. The van der Waals surface area contributed by atoms with Gasteiger partial charge in [0.15, 0.2) is 5.75 Å². The molecule has 0 aliphatic heterocycles. The summed E-state index contributed by atoms with van der Waals surface area (Å²) >= 11 is 0. The van der Waals surface area contributed by atoms with Gasteiger partial charge in [0.1, 0.15) is 0 Å². The Morgan fingerprint density at radius 3 is 2.76 bits per heavy atom. The molecule has 0 aromatic carbocycles. The van der Waals surface area contributed by atoms with Crippen molar-refractivity contribution in [2.24, 2.45) is 11.1 Å². The number of aromatic nitrogens is 1. The Kier molecular flexibility index (Phi) is 3.93. The average molecular weight is 237 g/mol. The van der Waals surface area contributed by atoms with E-state index in [9.17, 15) is 4.79 Å². The Labute approximate surface area is 101 Å². The van der Waals surface area contributed by atoms with Gasteiger partial charge in [-0.3, -0.25) is 9.78 Å². The number of aryl methyl sites for hydroxylation is 1. The van der Waals surface area contributed by atoms with Crippen molar-refractivity contribution in [2.45, 2.75) is 20.8 Å². The highest BCUT2D eigenvalue weighted by Gasteiger charge is 2.24. The molecule has 5 nitrogen and oxygen atoms in total. The van der Waals surface area contributed by atoms with Crippen LogP contribution in [-0.4, -0.2) is 24.5 Å². The zero-order valence-corrected chi connectivity index (χ0v) is 10.7. The molecule has 3 N–H and O–H groups in total. The summed E-state index contributed by atoms with van der Waals surface area (Å²) in [5.74, 6) is 0.311. The third kappa shape index (κ3) is 3.34. The molecular weight excluding hydrogens is 218 g/mol. The number of primary amides is 1. The van der Waals surface area contributed by atoms with Gasteiger partial charge in [-0.15, -0.1) is 0 Å². The van der Waals surface area contributed by atoms with E-state index < -0.39 is 5.41 Å². The lowest BCUT2D eigenvalue weighted by molar-refractivity contribution is -0.125. The van der Waals surface area contributed by atoms with Crippen molar-refractivity contribution in [1.29, 1.82) is 0 Å². The number of rotatable bonds is 5. The smallest absolute Gasteiger partial charge is 0.224 e. The molecule has 0 bridgehead atoms. The molecule has 1 heterocycles. The number of carbonyl (C=O) groups excluding carboxylic acids is 1. The van der Waals surface area contributed by atoms with Gasteiger partial charge in [-0.1, -0.05) is 0 Å². The van der Waals surface area contributed by atoms with Crippen LogP contribution < -0.4 is 15.8 Å². The number of hydrogen-bond acceptors (Lipinski definition) is 4. The van der Waals surface area contributed by atoms with E-state index >= 15 is 0 Å². The highest BCUT2D eigenvalue weighted by molar-refractivity contribution is 5.80. The van der Waals surface area contributed by atoms with Crippen molar-refractivity contribution in [2.75, 3.05) is 19.0 Å². The second-order valence-corrected chi connectivity index (χ2v) is 4.63. The first-order valence-corrected chi connectivity index (χ1v) is 5.41. The first-order chi connectivity index (χ1) is 7.86. The van der Waals surface area contributed by atoms with Crippen LogP contribution in [-0.2, 0) is 4.79 Å². The lowest BCUT2D eigenvalue weighted by atomic mass is 9.92. The second kappa shape index (κ2) is 5.03. The van der Waals surface area contributed by atoms with Crippen molar-refractivity contribution in [3.63, 3.8) is 0 Å². The molecule has 0 aliphatic carbocycles. The largest absolute Gasteiger partial charge is 0.493 e. The first kappa shape index (κ1) is 13.3. The van der Waals surface area contributed by atoms with Crippen molar-refractivity contribution in [3.05, 3.63) is 18.0 Å². The molecule has 17 heavy (non-hydrogen) atoms. The summed E-state index contributed by atoms with van der Waals surface area (Å²) in [5.41, 5.74) is 6.40. The Morgan fingerprint density at radius 1 is 1.59 bits per heavy atom. The molecular formula is C12H19N3O2. The van der Waals surface area contributed by atoms with Crippen LogP contribution in [0.4, 0.5) is 5.69 Å². The van der Waals surface area contributed by atoms with E-state index in [4.69, 9.17) is 10.5 Å². The number of ether oxygens (including phenoxy) is 1. The highest BCUT2D eigenvalue weighted by Crippen LogP contribution is 2.25. The Bertz CT molecular complexity index is 416. The van der Waals surface area contributed by atoms with E-state index in [0.29, 0.717) is 12.3 Å². The van der Waals surface area contributed by atoms with Crippen LogP contribution in [0.15, 0.2) is 12.3 Å². The molecule has 0 atom stereocenters. The summed E-state index contributed by atoms with van der Waals surface area (Å²) in [5, 5.41) is 3.16. The highest BCUT2D eigenvalue weighted by atomic mass is 16.5. The molecule has 0 saturated carbocycles. The minimum absolute atomic E-state index is 0.338. The number of amides is 1. The van der Waals surface area contributed by atoms with E-state index in [2.05, 4.69) is 10.3 Å². The van der Waals surface area contributed by atoms with E-state index in [-0.39, 0.29) is 5.91 Å². The fourth-order valence-electron chi connectivity index (χ4n) is 1.25. The van der Waals surface area contributed by atoms with Gasteiger partial charge in [0.05, 0.1) is 24.4 Å². The number of carbonyl (C=O) groups is 1. The second-order valence-electron chi connectivity index (χ2n) is 4.63. The van der Waals surface area contributed by atoms with E-state index in [0.717, 1.165) is 11.4 Å². The van der Waals surface area contributed by atoms with Crippen LogP contribution in [0.2, 0.25) is 0 Å². The van der Waals surface area contributed by atoms with Crippen LogP contribution in [0, 0.1) is 12.3 Å². The molecule has 1 amide bonds. The summed E-state index contributed by atoms with van der Waals surface area (Å²) in [6.45, 7) is 5.93. The van der Waals surface area contributed by atoms with E-state index in [1.165, 1.54) is 0 Å². The molecule has 94 valence electrons. The topological polar surface area (TPSA) is 77.2 Å². The molecule has 5 heteroatoms. The van der Waals surface area contributed by atoms with Gasteiger partial charge >= 0.3 is 0 Å². The quantitative estimate of drug-likeness (QED) is 0.809. The van der Waals surface area contributed by atoms with Gasteiger partial charge in [0.2, 0.25) is 5.91 Å². The van der Waals surface area contributed by atoms with Crippen LogP contribution in [0.3, 0.4) is 0 Å². The molecule has 0 aliphatic rings. The molecule has 1 aromatic heterocycles. The van der Waals surface area contributed by atoms with E-state index in [1.807, 2.05) is 13.0 Å². The van der Waals surface area contributed by atoms with Gasteiger partial charge < -0.3 is 15.8 Å². The predicted molar refractivity (Wildman–Crippen MR) is 67.0 cm³/mol. The number of nitrogens with zero attached hydrogens (tertiary/aromatic N) is 1. The van der Waals surface area contributed by atoms with Crippen LogP contribution >= 0.6 is 0 Å². The lowest BCUT2D eigenvalue weighted by Crippen LogP contribution is -2.37. The summed E-state index contributed by atoms with van der Waals surface area (Å²) in [4.78, 5) is 15.3. The molecule has 0 saturated heterocycles. The third-order valence-electron chi connectivity index (χ3n) is 2.61. The molecule has 0 radical (unpaired) electrons. The number of anilines is 1. The Hall–Kier alpha value is -1.78. The molecule has 0 spiro atoms. The van der Waals surface area contributed by atoms with Crippen LogP contribution in [0.1, 0.15) is 19.5 Å². The maximum absolute atomic E-state index is 11.2. The average Bonchev–Trinajstić information content (AvgIpc) is 2.26. The maximum Gasteiger partial charge on any atom is 0.224 e. The minimum atomic E-state index is -0.609.